The number of rotatable bonds is 10. The molecule has 0 saturated heterocycles. The van der Waals surface area contributed by atoms with Gasteiger partial charge in [-0.05, 0) is 44.4 Å². The lowest BCUT2D eigenvalue weighted by Gasteiger charge is -2.11. The van der Waals surface area contributed by atoms with Crippen molar-refractivity contribution in [2.75, 3.05) is 20.0 Å². The molecule has 0 amide bonds. The summed E-state index contributed by atoms with van der Waals surface area (Å²) in [4.78, 5) is 12.8. The van der Waals surface area contributed by atoms with Gasteiger partial charge in [0.1, 0.15) is 11.5 Å². The number of carbonyl (C=O) groups is 1. The monoisotopic (exact) mass is 443 g/mol. The van der Waals surface area contributed by atoms with Gasteiger partial charge in [-0.15, -0.1) is 10.2 Å². The van der Waals surface area contributed by atoms with Gasteiger partial charge in [-0.3, -0.25) is 4.79 Å². The number of ether oxygens (including phenoxy) is 2. The molecule has 0 radical (unpaired) electrons. The molecule has 0 bridgehead atoms. The summed E-state index contributed by atoms with van der Waals surface area (Å²) in [6.45, 7) is 9.39. The Hall–Kier alpha value is -2.74. The zero-order valence-electron chi connectivity index (χ0n) is 18.9. The molecule has 166 valence electrons. The van der Waals surface area contributed by atoms with Crippen molar-refractivity contribution in [3.05, 3.63) is 41.2 Å². The van der Waals surface area contributed by atoms with Crippen LogP contribution in [0.1, 0.15) is 42.0 Å². The summed E-state index contributed by atoms with van der Waals surface area (Å²) in [5, 5.41) is 8.52. The molecule has 0 atom stereocenters. The van der Waals surface area contributed by atoms with Crippen molar-refractivity contribution in [2.45, 2.75) is 45.9 Å². The number of nitrogens with zero attached hydrogens (tertiary/aromatic N) is 3. The van der Waals surface area contributed by atoms with Gasteiger partial charge in [0.15, 0.2) is 5.78 Å². The Morgan fingerprint density at radius 2 is 1.77 bits per heavy atom. The second-order valence-corrected chi connectivity index (χ2v) is 8.73. The zero-order valence-corrected chi connectivity index (χ0v) is 19.7. The second kappa shape index (κ2) is 10.0. The van der Waals surface area contributed by atoms with E-state index in [0.717, 1.165) is 29.9 Å². The predicted molar refractivity (Wildman–Crippen MR) is 121 cm³/mol. The summed E-state index contributed by atoms with van der Waals surface area (Å²) in [5.41, 5.74) is 3.57. The summed E-state index contributed by atoms with van der Waals surface area (Å²) < 4.78 is 18.5. The van der Waals surface area contributed by atoms with E-state index in [2.05, 4.69) is 28.6 Å². The first kappa shape index (κ1) is 22.9. The topological polar surface area (TPSA) is 79.4 Å². The van der Waals surface area contributed by atoms with Crippen LogP contribution in [0.2, 0.25) is 0 Å². The van der Waals surface area contributed by atoms with E-state index < -0.39 is 0 Å². The maximum absolute atomic E-state index is 12.8. The van der Waals surface area contributed by atoms with E-state index in [9.17, 15) is 4.79 Å². The molecule has 2 aromatic heterocycles. The highest BCUT2D eigenvalue weighted by molar-refractivity contribution is 7.99. The second-order valence-electron chi connectivity index (χ2n) is 7.81. The molecule has 3 rings (SSSR count). The third-order valence-electron chi connectivity index (χ3n) is 5.14. The van der Waals surface area contributed by atoms with Crippen LogP contribution in [-0.4, -0.2) is 40.5 Å². The van der Waals surface area contributed by atoms with E-state index in [1.807, 2.05) is 19.9 Å². The third-order valence-corrected chi connectivity index (χ3v) is 5.95. The fraction of sp³-hybridized carbons (Fsp3) is 0.435. The van der Waals surface area contributed by atoms with E-state index in [0.29, 0.717) is 34.1 Å². The lowest BCUT2D eigenvalue weighted by molar-refractivity contribution is 0.102. The van der Waals surface area contributed by atoms with E-state index in [-0.39, 0.29) is 11.5 Å². The van der Waals surface area contributed by atoms with Crippen molar-refractivity contribution in [1.29, 1.82) is 0 Å². The van der Waals surface area contributed by atoms with Crippen LogP contribution in [0.4, 0.5) is 0 Å². The number of ketones is 1. The fourth-order valence-corrected chi connectivity index (χ4v) is 3.98. The molecule has 0 fully saturated rings. The molecule has 0 aliphatic rings. The molecule has 31 heavy (non-hydrogen) atoms. The molecule has 0 saturated carbocycles. The molecule has 0 aliphatic heterocycles. The van der Waals surface area contributed by atoms with Crippen LogP contribution in [0, 0.1) is 19.8 Å². The van der Waals surface area contributed by atoms with Crippen LogP contribution in [0.3, 0.4) is 0 Å². The molecule has 1 aromatic carbocycles. The molecule has 2 heterocycles. The minimum absolute atomic E-state index is 0.0525. The van der Waals surface area contributed by atoms with Gasteiger partial charge in [-0.1, -0.05) is 25.6 Å². The highest BCUT2D eigenvalue weighted by Gasteiger charge is 2.18. The number of aromatic nitrogens is 3. The first-order valence-electron chi connectivity index (χ1n) is 10.2. The zero-order chi connectivity index (χ0) is 22.5. The van der Waals surface area contributed by atoms with E-state index in [1.54, 1.807) is 32.4 Å². The maximum Gasteiger partial charge on any atom is 0.277 e. The van der Waals surface area contributed by atoms with Gasteiger partial charge in [-0.2, -0.15) is 0 Å². The lowest BCUT2D eigenvalue weighted by atomic mass is 10.1. The Morgan fingerprint density at radius 3 is 2.39 bits per heavy atom. The number of hydrogen-bond acceptors (Lipinski definition) is 7. The van der Waals surface area contributed by atoms with E-state index in [1.165, 1.54) is 11.8 Å². The Balaban J connectivity index is 1.69. The summed E-state index contributed by atoms with van der Waals surface area (Å²) in [5.74, 6) is 2.51. The summed E-state index contributed by atoms with van der Waals surface area (Å²) in [6.07, 6.45) is 1.08. The Kier molecular flexibility index (Phi) is 7.43. The van der Waals surface area contributed by atoms with Gasteiger partial charge >= 0.3 is 0 Å². The van der Waals surface area contributed by atoms with Crippen LogP contribution < -0.4 is 9.47 Å². The normalized spacial score (nSPS) is 11.2. The van der Waals surface area contributed by atoms with Gasteiger partial charge in [0.05, 0.1) is 20.0 Å². The largest absolute Gasteiger partial charge is 0.497 e. The van der Waals surface area contributed by atoms with Crippen molar-refractivity contribution in [2.24, 2.45) is 5.92 Å². The smallest absolute Gasteiger partial charge is 0.277 e. The van der Waals surface area contributed by atoms with Crippen LogP contribution >= 0.6 is 11.8 Å². The van der Waals surface area contributed by atoms with Crippen molar-refractivity contribution < 1.29 is 18.7 Å². The van der Waals surface area contributed by atoms with Crippen molar-refractivity contribution >= 4 is 17.5 Å². The highest BCUT2D eigenvalue weighted by atomic mass is 32.2. The van der Waals surface area contributed by atoms with Gasteiger partial charge in [0, 0.05) is 35.1 Å². The van der Waals surface area contributed by atoms with Gasteiger partial charge in [-0.25, -0.2) is 0 Å². The summed E-state index contributed by atoms with van der Waals surface area (Å²) in [6, 6.07) is 7.33. The molecule has 0 spiro atoms. The van der Waals surface area contributed by atoms with Crippen molar-refractivity contribution in [3.63, 3.8) is 0 Å². The summed E-state index contributed by atoms with van der Waals surface area (Å²) >= 11 is 1.24. The minimum Gasteiger partial charge on any atom is -0.497 e. The molecule has 0 aliphatic carbocycles. The number of aryl methyl sites for hydroxylation is 1. The highest BCUT2D eigenvalue weighted by Crippen LogP contribution is 2.31. The van der Waals surface area contributed by atoms with Gasteiger partial charge < -0.3 is 18.5 Å². The number of carbonyl (C=O) groups excluding carboxylic acids is 1. The van der Waals surface area contributed by atoms with Crippen LogP contribution in [0.25, 0.3) is 11.5 Å². The minimum atomic E-state index is 0.0525. The Labute approximate surface area is 187 Å². The number of benzene rings is 1. The first-order chi connectivity index (χ1) is 14.8. The third kappa shape index (κ3) is 5.50. The number of thioether (sulfide) groups is 1. The fourth-order valence-electron chi connectivity index (χ4n) is 3.34. The molecule has 3 aromatic rings. The lowest BCUT2D eigenvalue weighted by Crippen LogP contribution is -2.08. The average molecular weight is 444 g/mol. The van der Waals surface area contributed by atoms with Gasteiger partial charge in [0.25, 0.3) is 5.22 Å². The maximum atomic E-state index is 12.8. The van der Waals surface area contributed by atoms with Gasteiger partial charge in [0.2, 0.25) is 5.89 Å². The Morgan fingerprint density at radius 1 is 1.10 bits per heavy atom. The SMILES string of the molecule is COc1cc(OC)cc(-c2nnc(SCC(=O)c3cc(C)n(CCC(C)C)c3C)o2)c1. The van der Waals surface area contributed by atoms with Crippen LogP contribution in [-0.2, 0) is 6.54 Å². The molecule has 0 N–H and O–H groups in total. The summed E-state index contributed by atoms with van der Waals surface area (Å²) in [7, 11) is 3.16. The molecular formula is C23H29N3O4S. The number of hydrogen-bond donors (Lipinski definition) is 0. The molecule has 8 heteroatoms. The predicted octanol–water partition coefficient (Wildman–Crippen LogP) is 5.19. The quantitative estimate of drug-likeness (QED) is 0.315. The number of Topliss-reactive ketones (excluding diaryl/α,β-unsaturated/α-hetero) is 1. The molecule has 0 unspecified atom stereocenters. The van der Waals surface area contributed by atoms with Crippen molar-refractivity contribution in [3.8, 4) is 23.0 Å². The Bertz CT molecular complexity index is 1030. The first-order valence-corrected chi connectivity index (χ1v) is 11.2. The van der Waals surface area contributed by atoms with E-state index in [4.69, 9.17) is 13.9 Å². The number of methoxy groups -OCH3 is 2. The molecule has 7 nitrogen and oxygen atoms in total. The van der Waals surface area contributed by atoms with Crippen LogP contribution in [0.15, 0.2) is 33.9 Å². The molecular weight excluding hydrogens is 414 g/mol. The van der Waals surface area contributed by atoms with Crippen LogP contribution in [0.5, 0.6) is 11.5 Å². The average Bonchev–Trinajstić information content (AvgIpc) is 3.34. The van der Waals surface area contributed by atoms with E-state index >= 15 is 0 Å². The standard InChI is InChI=1S/C23H29N3O4S/c1-14(2)7-8-26-15(3)9-20(16(26)4)21(27)13-31-23-25-24-22(30-23)17-10-18(28-5)12-19(11-17)29-6/h9-12,14H,7-8,13H2,1-6H3. The van der Waals surface area contributed by atoms with Crippen molar-refractivity contribution in [1.82, 2.24) is 14.8 Å².